The number of carbonyl (C=O) groups excluding carboxylic acids is 1. The first-order valence-electron chi connectivity index (χ1n) is 8.26. The van der Waals surface area contributed by atoms with E-state index in [2.05, 4.69) is 15.1 Å². The van der Waals surface area contributed by atoms with Crippen LogP contribution < -0.4 is 0 Å². The summed E-state index contributed by atoms with van der Waals surface area (Å²) in [5, 5.41) is 4.73. The third kappa shape index (κ3) is 2.95. The second-order valence-corrected chi connectivity index (χ2v) is 7.17. The monoisotopic (exact) mass is 354 g/mol. The minimum Gasteiger partial charge on any atom is -0.359 e. The van der Waals surface area contributed by atoms with Crippen LogP contribution in [0.15, 0.2) is 35.0 Å². The van der Waals surface area contributed by atoms with Crippen LogP contribution in [-0.4, -0.2) is 32.5 Å². The minimum absolute atomic E-state index is 0.00809. The van der Waals surface area contributed by atoms with Gasteiger partial charge in [-0.1, -0.05) is 11.2 Å². The van der Waals surface area contributed by atoms with E-state index in [9.17, 15) is 4.79 Å². The molecule has 1 fully saturated rings. The maximum Gasteiger partial charge on any atom is 0.266 e. The van der Waals surface area contributed by atoms with E-state index in [1.165, 1.54) is 11.3 Å². The van der Waals surface area contributed by atoms with Crippen molar-refractivity contribution in [3.63, 3.8) is 0 Å². The van der Waals surface area contributed by atoms with Crippen molar-refractivity contribution in [1.82, 2.24) is 20.0 Å². The third-order valence-electron chi connectivity index (χ3n) is 4.36. The number of hydrogen-bond donors (Lipinski definition) is 0. The standard InChI is InChI=1S/C18H18N4O2S/c1-11-10-15(24-21-11)14-7-5-9-22(14)18(23)16-12(2)20-17(25-16)13-6-3-4-8-19-13/h3-4,6,8,10,14H,5,7,9H2,1-2H3/t14-/m1/s1. The molecule has 1 aliphatic rings. The molecule has 7 heteroatoms. The summed E-state index contributed by atoms with van der Waals surface area (Å²) in [6, 6.07) is 7.55. The smallest absolute Gasteiger partial charge is 0.266 e. The van der Waals surface area contributed by atoms with Crippen molar-refractivity contribution in [2.24, 2.45) is 0 Å². The SMILES string of the molecule is Cc1cc([C@H]2CCCN2C(=O)c2sc(-c3ccccn3)nc2C)on1. The Morgan fingerprint density at radius 2 is 2.24 bits per heavy atom. The van der Waals surface area contributed by atoms with Crippen molar-refractivity contribution < 1.29 is 9.32 Å². The Bertz CT molecular complexity index is 903. The number of aromatic nitrogens is 3. The van der Waals surface area contributed by atoms with Crippen LogP contribution in [-0.2, 0) is 0 Å². The molecule has 1 saturated heterocycles. The van der Waals surface area contributed by atoms with E-state index in [0.29, 0.717) is 4.88 Å². The van der Waals surface area contributed by atoms with Gasteiger partial charge in [-0.15, -0.1) is 11.3 Å². The summed E-state index contributed by atoms with van der Waals surface area (Å²) in [7, 11) is 0. The van der Waals surface area contributed by atoms with Crippen LogP contribution in [0.5, 0.6) is 0 Å². The van der Waals surface area contributed by atoms with Gasteiger partial charge < -0.3 is 9.42 Å². The van der Waals surface area contributed by atoms with Crippen LogP contribution in [0.2, 0.25) is 0 Å². The molecule has 0 radical (unpaired) electrons. The van der Waals surface area contributed by atoms with Crippen LogP contribution in [0.3, 0.4) is 0 Å². The number of hydrogen-bond acceptors (Lipinski definition) is 6. The highest BCUT2D eigenvalue weighted by Crippen LogP contribution is 2.36. The number of pyridine rings is 1. The first-order chi connectivity index (χ1) is 12.1. The van der Waals surface area contributed by atoms with Crippen LogP contribution in [0.25, 0.3) is 10.7 Å². The highest BCUT2D eigenvalue weighted by Gasteiger charge is 2.34. The molecule has 3 aromatic rings. The summed E-state index contributed by atoms with van der Waals surface area (Å²) in [4.78, 5) is 24.5. The first-order valence-corrected chi connectivity index (χ1v) is 9.08. The van der Waals surface area contributed by atoms with Gasteiger partial charge in [-0.2, -0.15) is 0 Å². The summed E-state index contributed by atoms with van der Waals surface area (Å²) in [6.45, 7) is 4.49. The van der Waals surface area contributed by atoms with E-state index in [1.807, 2.05) is 43.0 Å². The molecule has 0 unspecified atom stereocenters. The lowest BCUT2D eigenvalue weighted by molar-refractivity contribution is 0.0718. The molecular formula is C18H18N4O2S. The zero-order chi connectivity index (χ0) is 17.4. The van der Waals surface area contributed by atoms with Gasteiger partial charge in [0.15, 0.2) is 5.76 Å². The Balaban J connectivity index is 1.63. The number of likely N-dealkylation sites (tertiary alicyclic amines) is 1. The summed E-state index contributed by atoms with van der Waals surface area (Å²) in [5.74, 6) is 0.768. The zero-order valence-corrected chi connectivity index (χ0v) is 14.9. The summed E-state index contributed by atoms with van der Waals surface area (Å²) < 4.78 is 5.40. The highest BCUT2D eigenvalue weighted by molar-refractivity contribution is 7.17. The fraction of sp³-hybridized carbons (Fsp3) is 0.333. The lowest BCUT2D eigenvalue weighted by Crippen LogP contribution is -2.30. The topological polar surface area (TPSA) is 72.1 Å². The van der Waals surface area contributed by atoms with Crippen LogP contribution in [0.4, 0.5) is 0 Å². The lowest BCUT2D eigenvalue weighted by Gasteiger charge is -2.22. The predicted octanol–water partition coefficient (Wildman–Crippen LogP) is 3.79. The van der Waals surface area contributed by atoms with E-state index in [1.54, 1.807) is 6.20 Å². The van der Waals surface area contributed by atoms with Crippen molar-refractivity contribution in [2.75, 3.05) is 6.54 Å². The maximum absolute atomic E-state index is 13.1. The second kappa shape index (κ2) is 6.40. The van der Waals surface area contributed by atoms with Gasteiger partial charge in [0.25, 0.3) is 5.91 Å². The van der Waals surface area contributed by atoms with E-state index < -0.39 is 0 Å². The molecule has 0 aromatic carbocycles. The molecule has 0 saturated carbocycles. The first kappa shape index (κ1) is 16.0. The largest absolute Gasteiger partial charge is 0.359 e. The van der Waals surface area contributed by atoms with Gasteiger partial charge in [-0.05, 0) is 38.8 Å². The molecule has 3 aromatic heterocycles. The Morgan fingerprint density at radius 1 is 1.36 bits per heavy atom. The summed E-state index contributed by atoms with van der Waals surface area (Å²) in [6.07, 6.45) is 3.59. The van der Waals surface area contributed by atoms with Crippen molar-refractivity contribution in [3.05, 3.63) is 52.5 Å². The Labute approximate surface area is 149 Å². The molecule has 0 aliphatic carbocycles. The molecule has 0 N–H and O–H groups in total. The molecule has 128 valence electrons. The molecule has 4 rings (SSSR count). The number of thiazole rings is 1. The average Bonchev–Trinajstić information content (AvgIpc) is 3.34. The fourth-order valence-electron chi connectivity index (χ4n) is 3.17. The normalized spacial score (nSPS) is 17.2. The van der Waals surface area contributed by atoms with Gasteiger partial charge >= 0.3 is 0 Å². The van der Waals surface area contributed by atoms with E-state index in [-0.39, 0.29) is 11.9 Å². The van der Waals surface area contributed by atoms with Crippen molar-refractivity contribution >= 4 is 17.2 Å². The van der Waals surface area contributed by atoms with Crippen LogP contribution >= 0.6 is 11.3 Å². The lowest BCUT2D eigenvalue weighted by atomic mass is 10.1. The molecular weight excluding hydrogens is 336 g/mol. The van der Waals surface area contributed by atoms with E-state index >= 15 is 0 Å². The molecule has 1 atom stereocenters. The minimum atomic E-state index is -0.0477. The number of carbonyl (C=O) groups is 1. The van der Waals surface area contributed by atoms with E-state index in [0.717, 1.165) is 47.2 Å². The van der Waals surface area contributed by atoms with Gasteiger partial charge in [0.05, 0.1) is 23.1 Å². The molecule has 4 heterocycles. The molecule has 0 spiro atoms. The summed E-state index contributed by atoms with van der Waals surface area (Å²) >= 11 is 1.40. The quantitative estimate of drug-likeness (QED) is 0.715. The maximum atomic E-state index is 13.1. The molecule has 1 amide bonds. The van der Waals surface area contributed by atoms with Gasteiger partial charge in [0.2, 0.25) is 0 Å². The molecule has 25 heavy (non-hydrogen) atoms. The van der Waals surface area contributed by atoms with E-state index in [4.69, 9.17) is 4.52 Å². The van der Waals surface area contributed by atoms with Crippen LogP contribution in [0, 0.1) is 13.8 Å². The summed E-state index contributed by atoms with van der Waals surface area (Å²) in [5.41, 5.74) is 2.37. The van der Waals surface area contributed by atoms with Crippen molar-refractivity contribution in [2.45, 2.75) is 32.7 Å². The fourth-order valence-corrected chi connectivity index (χ4v) is 4.17. The van der Waals surface area contributed by atoms with Gasteiger partial charge in [0, 0.05) is 18.8 Å². The van der Waals surface area contributed by atoms with Crippen molar-refractivity contribution in [1.29, 1.82) is 0 Å². The van der Waals surface area contributed by atoms with Crippen molar-refractivity contribution in [3.8, 4) is 10.7 Å². The zero-order valence-electron chi connectivity index (χ0n) is 14.1. The van der Waals surface area contributed by atoms with Crippen LogP contribution in [0.1, 0.15) is 45.7 Å². The van der Waals surface area contributed by atoms with Gasteiger partial charge in [-0.25, -0.2) is 4.98 Å². The van der Waals surface area contributed by atoms with Gasteiger partial charge in [0.1, 0.15) is 9.88 Å². The van der Waals surface area contributed by atoms with Gasteiger partial charge in [-0.3, -0.25) is 9.78 Å². The number of aryl methyl sites for hydroxylation is 2. The molecule has 0 bridgehead atoms. The Morgan fingerprint density at radius 3 is 2.96 bits per heavy atom. The second-order valence-electron chi connectivity index (χ2n) is 6.18. The Hall–Kier alpha value is -2.54. The molecule has 6 nitrogen and oxygen atoms in total. The predicted molar refractivity (Wildman–Crippen MR) is 94.3 cm³/mol. The number of nitrogens with zero attached hydrogens (tertiary/aromatic N) is 4. The Kier molecular flexibility index (Phi) is 4.09. The average molecular weight is 354 g/mol. The number of rotatable bonds is 3. The highest BCUT2D eigenvalue weighted by atomic mass is 32.1. The molecule has 1 aliphatic heterocycles. The number of amides is 1. The third-order valence-corrected chi connectivity index (χ3v) is 5.53.